The summed E-state index contributed by atoms with van der Waals surface area (Å²) < 4.78 is 13.6. The van der Waals surface area contributed by atoms with Gasteiger partial charge < -0.3 is 14.8 Å². The molecule has 1 N–H and O–H groups in total. The normalized spacial score (nSPS) is 22.2. The number of rotatable bonds is 6. The molecular weight excluding hydrogens is 386 g/mol. The fourth-order valence-corrected chi connectivity index (χ4v) is 3.92. The van der Waals surface area contributed by atoms with Gasteiger partial charge in [0.1, 0.15) is 5.75 Å². The first-order chi connectivity index (χ1) is 9.54. The predicted molar refractivity (Wildman–Crippen MR) is 88.3 cm³/mol. The highest BCUT2D eigenvalue weighted by atomic mass is 79.9. The van der Waals surface area contributed by atoms with Crippen molar-refractivity contribution in [1.29, 1.82) is 0 Å². The van der Waals surface area contributed by atoms with Gasteiger partial charge in [0, 0.05) is 29.7 Å². The van der Waals surface area contributed by atoms with Crippen molar-refractivity contribution in [3.63, 3.8) is 0 Å². The third-order valence-electron chi connectivity index (χ3n) is 3.49. The lowest BCUT2D eigenvalue weighted by Gasteiger charge is -2.24. The molecule has 3 nitrogen and oxygen atoms in total. The second-order valence-corrected chi connectivity index (χ2v) is 7.08. The molecule has 0 spiro atoms. The van der Waals surface area contributed by atoms with Crippen LogP contribution in [0.2, 0.25) is 0 Å². The fraction of sp³-hybridized carbons (Fsp3) is 0.600. The van der Waals surface area contributed by atoms with Crippen LogP contribution in [0, 0.1) is 0 Å². The summed E-state index contributed by atoms with van der Waals surface area (Å²) in [4.78, 5) is 0. The number of hydrogen-bond acceptors (Lipinski definition) is 3. The Bertz CT molecular complexity index is 459. The molecule has 0 aromatic heterocycles. The van der Waals surface area contributed by atoms with E-state index in [0.29, 0.717) is 6.61 Å². The zero-order valence-electron chi connectivity index (χ0n) is 12.0. The quantitative estimate of drug-likeness (QED) is 0.765. The summed E-state index contributed by atoms with van der Waals surface area (Å²) in [5, 5.41) is 3.49. The first-order valence-electron chi connectivity index (χ1n) is 6.99. The Labute approximate surface area is 137 Å². The lowest BCUT2D eigenvalue weighted by atomic mass is 10.0. The first kappa shape index (κ1) is 16.3. The van der Waals surface area contributed by atoms with Crippen molar-refractivity contribution in [2.75, 3.05) is 19.8 Å². The molecule has 1 saturated heterocycles. The molecule has 0 amide bonds. The van der Waals surface area contributed by atoms with Gasteiger partial charge in [-0.2, -0.15) is 0 Å². The van der Waals surface area contributed by atoms with E-state index >= 15 is 0 Å². The third kappa shape index (κ3) is 4.20. The Kier molecular flexibility index (Phi) is 5.90. The largest absolute Gasteiger partial charge is 0.492 e. The standard InChI is InChI=1S/C15H21Br2NO2/c1-3-19-14-11(7-12(16)8-13(14)17)9-18-10-15(2)5-4-6-20-15/h7-8,18H,3-6,9-10H2,1-2H3. The van der Waals surface area contributed by atoms with Gasteiger partial charge in [-0.1, -0.05) is 15.9 Å². The van der Waals surface area contributed by atoms with E-state index in [1.165, 1.54) is 0 Å². The fourth-order valence-electron chi connectivity index (χ4n) is 2.49. The van der Waals surface area contributed by atoms with Gasteiger partial charge in [0.05, 0.1) is 16.7 Å². The van der Waals surface area contributed by atoms with Gasteiger partial charge in [-0.3, -0.25) is 0 Å². The summed E-state index contributed by atoms with van der Waals surface area (Å²) in [6.07, 6.45) is 2.28. The van der Waals surface area contributed by atoms with Crippen molar-refractivity contribution >= 4 is 31.9 Å². The molecule has 5 heteroatoms. The van der Waals surface area contributed by atoms with Gasteiger partial charge in [0.25, 0.3) is 0 Å². The molecule has 0 radical (unpaired) electrons. The molecule has 0 saturated carbocycles. The zero-order chi connectivity index (χ0) is 14.6. The molecule has 0 aliphatic carbocycles. The summed E-state index contributed by atoms with van der Waals surface area (Å²) in [5.41, 5.74) is 1.13. The Morgan fingerprint density at radius 3 is 2.85 bits per heavy atom. The highest BCUT2D eigenvalue weighted by Crippen LogP contribution is 2.33. The van der Waals surface area contributed by atoms with Crippen LogP contribution in [0.25, 0.3) is 0 Å². The third-order valence-corrected chi connectivity index (χ3v) is 4.54. The highest BCUT2D eigenvalue weighted by Gasteiger charge is 2.29. The number of halogens is 2. The molecule has 1 aliphatic rings. The maximum Gasteiger partial charge on any atom is 0.138 e. The van der Waals surface area contributed by atoms with Gasteiger partial charge in [-0.25, -0.2) is 0 Å². The molecule has 1 unspecified atom stereocenters. The van der Waals surface area contributed by atoms with E-state index in [1.807, 2.05) is 13.0 Å². The molecule has 1 aromatic carbocycles. The van der Waals surface area contributed by atoms with Crippen molar-refractivity contribution in [3.8, 4) is 5.75 Å². The van der Waals surface area contributed by atoms with Crippen LogP contribution in [0.3, 0.4) is 0 Å². The average Bonchev–Trinajstić information content (AvgIpc) is 2.80. The molecule has 20 heavy (non-hydrogen) atoms. The number of ether oxygens (including phenoxy) is 2. The van der Waals surface area contributed by atoms with Crippen molar-refractivity contribution in [3.05, 3.63) is 26.6 Å². The smallest absolute Gasteiger partial charge is 0.138 e. The molecule has 0 bridgehead atoms. The minimum Gasteiger partial charge on any atom is -0.492 e. The van der Waals surface area contributed by atoms with Gasteiger partial charge in [-0.15, -0.1) is 0 Å². The maximum atomic E-state index is 5.79. The van der Waals surface area contributed by atoms with Crippen LogP contribution < -0.4 is 10.1 Å². The number of benzene rings is 1. The molecule has 112 valence electrons. The lowest BCUT2D eigenvalue weighted by molar-refractivity contribution is 0.0206. The molecule has 1 heterocycles. The van der Waals surface area contributed by atoms with Gasteiger partial charge in [-0.05, 0) is 54.8 Å². The second-order valence-electron chi connectivity index (χ2n) is 5.31. The molecule has 1 atom stereocenters. The lowest BCUT2D eigenvalue weighted by Crippen LogP contribution is -2.36. The molecule has 1 fully saturated rings. The van der Waals surface area contributed by atoms with E-state index in [1.54, 1.807) is 0 Å². The molecule has 1 aliphatic heterocycles. The Morgan fingerprint density at radius 1 is 1.40 bits per heavy atom. The van der Waals surface area contributed by atoms with Crippen LogP contribution in [-0.4, -0.2) is 25.4 Å². The summed E-state index contributed by atoms with van der Waals surface area (Å²) in [7, 11) is 0. The molecule has 1 aromatic rings. The summed E-state index contributed by atoms with van der Waals surface area (Å²) in [6, 6.07) is 4.11. The van der Waals surface area contributed by atoms with E-state index < -0.39 is 0 Å². The van der Waals surface area contributed by atoms with E-state index in [0.717, 1.165) is 52.8 Å². The minimum absolute atomic E-state index is 0.0188. The van der Waals surface area contributed by atoms with E-state index in [9.17, 15) is 0 Å². The van der Waals surface area contributed by atoms with Crippen LogP contribution >= 0.6 is 31.9 Å². The van der Waals surface area contributed by atoms with Crippen molar-refractivity contribution in [2.24, 2.45) is 0 Å². The predicted octanol–water partition coefficient (Wildman–Crippen LogP) is 4.27. The maximum absolute atomic E-state index is 5.79. The summed E-state index contributed by atoms with van der Waals surface area (Å²) in [5.74, 6) is 0.917. The van der Waals surface area contributed by atoms with Gasteiger partial charge in [0.2, 0.25) is 0 Å². The van der Waals surface area contributed by atoms with Gasteiger partial charge in [0.15, 0.2) is 0 Å². The van der Waals surface area contributed by atoms with Crippen LogP contribution in [0.1, 0.15) is 32.3 Å². The Morgan fingerprint density at radius 2 is 2.20 bits per heavy atom. The number of nitrogens with one attached hydrogen (secondary N) is 1. The minimum atomic E-state index is -0.0188. The monoisotopic (exact) mass is 405 g/mol. The summed E-state index contributed by atoms with van der Waals surface area (Å²) >= 11 is 7.09. The molecule has 2 rings (SSSR count). The summed E-state index contributed by atoms with van der Waals surface area (Å²) in [6.45, 7) is 7.35. The van der Waals surface area contributed by atoms with Crippen LogP contribution in [-0.2, 0) is 11.3 Å². The van der Waals surface area contributed by atoms with Crippen molar-refractivity contribution in [2.45, 2.75) is 38.8 Å². The molecular formula is C15H21Br2NO2. The van der Waals surface area contributed by atoms with Crippen LogP contribution in [0.4, 0.5) is 0 Å². The van der Waals surface area contributed by atoms with Crippen LogP contribution in [0.5, 0.6) is 5.75 Å². The van der Waals surface area contributed by atoms with E-state index in [4.69, 9.17) is 9.47 Å². The van der Waals surface area contributed by atoms with Gasteiger partial charge >= 0.3 is 0 Å². The van der Waals surface area contributed by atoms with Crippen LogP contribution in [0.15, 0.2) is 21.1 Å². The van der Waals surface area contributed by atoms with E-state index in [-0.39, 0.29) is 5.60 Å². The number of hydrogen-bond donors (Lipinski definition) is 1. The Hall–Kier alpha value is -0.100. The second kappa shape index (κ2) is 7.25. The SMILES string of the molecule is CCOc1c(Br)cc(Br)cc1CNCC1(C)CCCO1. The van der Waals surface area contributed by atoms with E-state index in [2.05, 4.69) is 50.2 Å². The zero-order valence-corrected chi connectivity index (χ0v) is 15.1. The van der Waals surface area contributed by atoms with Crippen molar-refractivity contribution in [1.82, 2.24) is 5.32 Å². The van der Waals surface area contributed by atoms with Crippen molar-refractivity contribution < 1.29 is 9.47 Å². The highest BCUT2D eigenvalue weighted by molar-refractivity contribution is 9.11. The first-order valence-corrected chi connectivity index (χ1v) is 8.58. The topological polar surface area (TPSA) is 30.5 Å². The Balaban J connectivity index is 2.01. The average molecular weight is 407 g/mol.